The summed E-state index contributed by atoms with van der Waals surface area (Å²) >= 11 is 0. The number of Topliss-reactive ketones (excluding diaryl/α,β-unsaturated/α-hetero) is 1. The van der Waals surface area contributed by atoms with Gasteiger partial charge in [-0.25, -0.2) is 4.68 Å². The number of carbonyl (C=O) groups is 1. The minimum atomic E-state index is -0.474. The zero-order valence-corrected chi connectivity index (χ0v) is 19.8. The Labute approximate surface area is 186 Å². The molecule has 0 radical (unpaired) electrons. The first-order valence-corrected chi connectivity index (χ1v) is 12.7. The smallest absolute Gasteiger partial charge is 0.158 e. The van der Waals surface area contributed by atoms with E-state index in [1.807, 2.05) is 13.8 Å². The van der Waals surface area contributed by atoms with Crippen LogP contribution in [0.1, 0.15) is 90.8 Å². The maximum Gasteiger partial charge on any atom is 0.158 e. The van der Waals surface area contributed by atoms with Gasteiger partial charge in [0.25, 0.3) is 0 Å². The van der Waals surface area contributed by atoms with Gasteiger partial charge in [-0.05, 0) is 123 Å². The molecule has 4 saturated carbocycles. The Balaban J connectivity index is 1.38. The predicted octanol–water partition coefficient (Wildman–Crippen LogP) is 4.35. The van der Waals surface area contributed by atoms with Crippen molar-refractivity contribution in [2.75, 3.05) is 0 Å². The zero-order valence-electron chi connectivity index (χ0n) is 19.8. The molecule has 1 heterocycles. The number of tetrazole rings is 1. The van der Waals surface area contributed by atoms with Crippen molar-refractivity contribution >= 4 is 5.78 Å². The number of aromatic nitrogens is 4. The zero-order chi connectivity index (χ0) is 22.0. The molecule has 5 rings (SSSR count). The third-order valence-corrected chi connectivity index (χ3v) is 10.7. The number of nitrogens with zero attached hydrogens (tertiary/aromatic N) is 4. The summed E-state index contributed by atoms with van der Waals surface area (Å²) in [6.45, 7) is 9.10. The van der Waals surface area contributed by atoms with Gasteiger partial charge in [-0.3, -0.25) is 4.79 Å². The Bertz CT molecular complexity index is 850. The Hall–Kier alpha value is -1.30. The molecule has 6 heteroatoms. The molecule has 0 amide bonds. The van der Waals surface area contributed by atoms with E-state index in [9.17, 15) is 9.90 Å². The molecule has 0 saturated heterocycles. The van der Waals surface area contributed by atoms with Gasteiger partial charge in [-0.15, -0.1) is 5.10 Å². The molecule has 1 aromatic heterocycles. The average Bonchev–Trinajstić information content (AvgIpc) is 3.32. The molecule has 8 atom stereocenters. The third-order valence-electron chi connectivity index (χ3n) is 10.7. The summed E-state index contributed by atoms with van der Waals surface area (Å²) in [6, 6.07) is 0. The van der Waals surface area contributed by atoms with Gasteiger partial charge in [0.15, 0.2) is 5.78 Å². The van der Waals surface area contributed by atoms with Crippen molar-refractivity contribution in [2.24, 2.45) is 40.4 Å². The van der Waals surface area contributed by atoms with Gasteiger partial charge in [0, 0.05) is 5.92 Å². The molecule has 1 aromatic rings. The maximum absolute atomic E-state index is 13.5. The number of hydrogen-bond acceptors (Lipinski definition) is 5. The molecule has 172 valence electrons. The summed E-state index contributed by atoms with van der Waals surface area (Å²) in [5.74, 6) is 4.08. The van der Waals surface area contributed by atoms with Gasteiger partial charge in [0.2, 0.25) is 0 Å². The first-order chi connectivity index (χ1) is 14.7. The minimum Gasteiger partial charge on any atom is -0.390 e. The van der Waals surface area contributed by atoms with Crippen LogP contribution in [0.15, 0.2) is 0 Å². The quantitative estimate of drug-likeness (QED) is 0.771. The molecule has 4 aliphatic rings. The number of ketones is 1. The lowest BCUT2D eigenvalue weighted by molar-refractivity contribution is -0.154. The van der Waals surface area contributed by atoms with E-state index in [0.717, 1.165) is 43.3 Å². The fourth-order valence-corrected chi connectivity index (χ4v) is 9.06. The summed E-state index contributed by atoms with van der Waals surface area (Å²) in [6.07, 6.45) is 11.4. The summed E-state index contributed by atoms with van der Waals surface area (Å²) in [5, 5.41) is 22.4. The largest absolute Gasteiger partial charge is 0.390 e. The van der Waals surface area contributed by atoms with E-state index in [1.54, 1.807) is 4.68 Å². The van der Waals surface area contributed by atoms with E-state index in [4.69, 9.17) is 0 Å². The van der Waals surface area contributed by atoms with Gasteiger partial charge >= 0.3 is 0 Å². The van der Waals surface area contributed by atoms with Crippen molar-refractivity contribution in [3.8, 4) is 0 Å². The Morgan fingerprint density at radius 3 is 2.61 bits per heavy atom. The van der Waals surface area contributed by atoms with Crippen LogP contribution in [0.4, 0.5) is 0 Å². The second-order valence-corrected chi connectivity index (χ2v) is 12.0. The molecular formula is C25H40N4O2. The molecule has 31 heavy (non-hydrogen) atoms. The van der Waals surface area contributed by atoms with Gasteiger partial charge < -0.3 is 5.11 Å². The number of carbonyl (C=O) groups excluding carboxylic acids is 1. The first-order valence-electron chi connectivity index (χ1n) is 12.7. The van der Waals surface area contributed by atoms with Crippen LogP contribution in [-0.4, -0.2) is 36.7 Å². The highest BCUT2D eigenvalue weighted by Gasteiger charge is 2.62. The minimum absolute atomic E-state index is 0.157. The molecule has 1 N–H and O–H groups in total. The van der Waals surface area contributed by atoms with Crippen molar-refractivity contribution in [3.05, 3.63) is 5.82 Å². The topological polar surface area (TPSA) is 80.9 Å². The van der Waals surface area contributed by atoms with Gasteiger partial charge in [-0.2, -0.15) is 0 Å². The van der Waals surface area contributed by atoms with E-state index < -0.39 is 5.60 Å². The molecule has 4 fully saturated rings. The summed E-state index contributed by atoms with van der Waals surface area (Å²) in [7, 11) is 0. The van der Waals surface area contributed by atoms with Crippen molar-refractivity contribution in [3.63, 3.8) is 0 Å². The Morgan fingerprint density at radius 1 is 1.10 bits per heavy atom. The van der Waals surface area contributed by atoms with Crippen LogP contribution in [0.3, 0.4) is 0 Å². The lowest BCUT2D eigenvalue weighted by Gasteiger charge is -2.62. The number of rotatable bonds is 4. The standard InChI is InChI=1S/C25H40N4O2/c1-5-25-11-10-19-18(7-6-17-14-23(3,31)12-13-24(17,19)4)20(25)8-9-21(25)22(30)15-29-16(2)26-27-28-29/h17-21,31H,5-15H2,1-4H3/t17-,18-,19+,20+,21-,23-,24+,25+/m1/s1. The van der Waals surface area contributed by atoms with Crippen LogP contribution in [0.5, 0.6) is 0 Å². The van der Waals surface area contributed by atoms with Crippen molar-refractivity contribution in [2.45, 2.75) is 104 Å². The molecule has 0 aromatic carbocycles. The Kier molecular flexibility index (Phi) is 5.11. The van der Waals surface area contributed by atoms with Crippen molar-refractivity contribution in [1.82, 2.24) is 20.2 Å². The first kappa shape index (κ1) is 21.5. The van der Waals surface area contributed by atoms with Crippen molar-refractivity contribution in [1.29, 1.82) is 0 Å². The summed E-state index contributed by atoms with van der Waals surface area (Å²) < 4.78 is 1.67. The SMILES string of the molecule is CC[C@]12CC[C@H]3[C@@H](CC[C@@H]4C[C@](C)(O)CC[C@@]43C)[C@@H]1CC[C@@H]2C(=O)Cn1nnnc1C. The lowest BCUT2D eigenvalue weighted by Crippen LogP contribution is -2.56. The molecule has 0 unspecified atom stereocenters. The maximum atomic E-state index is 13.5. The number of aliphatic hydroxyl groups is 1. The van der Waals surface area contributed by atoms with E-state index >= 15 is 0 Å². The second-order valence-electron chi connectivity index (χ2n) is 12.0. The van der Waals surface area contributed by atoms with Crippen LogP contribution in [-0.2, 0) is 11.3 Å². The molecule has 0 aliphatic heterocycles. The predicted molar refractivity (Wildman–Crippen MR) is 118 cm³/mol. The molecular weight excluding hydrogens is 388 g/mol. The van der Waals surface area contributed by atoms with Gasteiger partial charge in [0.1, 0.15) is 12.4 Å². The van der Waals surface area contributed by atoms with E-state index in [1.165, 1.54) is 38.5 Å². The normalized spacial score (nSPS) is 46.8. The van der Waals surface area contributed by atoms with E-state index in [-0.39, 0.29) is 11.3 Å². The highest BCUT2D eigenvalue weighted by atomic mass is 16.3. The van der Waals surface area contributed by atoms with Gasteiger partial charge in [-0.1, -0.05) is 13.8 Å². The van der Waals surface area contributed by atoms with Crippen LogP contribution in [0.25, 0.3) is 0 Å². The van der Waals surface area contributed by atoms with Crippen LogP contribution in [0, 0.1) is 47.3 Å². The molecule has 0 spiro atoms. The fourth-order valence-electron chi connectivity index (χ4n) is 9.06. The van der Waals surface area contributed by atoms with Crippen molar-refractivity contribution < 1.29 is 9.90 Å². The number of aryl methyl sites for hydroxylation is 1. The molecule has 6 nitrogen and oxygen atoms in total. The van der Waals surface area contributed by atoms with Crippen LogP contribution in [0.2, 0.25) is 0 Å². The second kappa shape index (κ2) is 7.36. The highest BCUT2D eigenvalue weighted by Crippen LogP contribution is 2.69. The number of fused-ring (bicyclic) bond motifs is 5. The van der Waals surface area contributed by atoms with E-state index in [2.05, 4.69) is 29.4 Å². The van der Waals surface area contributed by atoms with Gasteiger partial charge in [0.05, 0.1) is 5.60 Å². The molecule has 4 aliphatic carbocycles. The summed E-state index contributed by atoms with van der Waals surface area (Å²) in [4.78, 5) is 13.5. The van der Waals surface area contributed by atoms with Crippen LogP contribution < -0.4 is 0 Å². The number of hydrogen-bond donors (Lipinski definition) is 1. The average molecular weight is 429 g/mol. The lowest BCUT2D eigenvalue weighted by atomic mass is 9.43. The monoisotopic (exact) mass is 428 g/mol. The third kappa shape index (κ3) is 3.22. The highest BCUT2D eigenvalue weighted by molar-refractivity contribution is 5.82. The fraction of sp³-hybridized carbons (Fsp3) is 0.920. The van der Waals surface area contributed by atoms with E-state index in [0.29, 0.717) is 29.6 Å². The van der Waals surface area contributed by atoms with Crippen LogP contribution >= 0.6 is 0 Å². The Morgan fingerprint density at radius 2 is 1.90 bits per heavy atom. The molecule has 0 bridgehead atoms. The summed E-state index contributed by atoms with van der Waals surface area (Å²) in [5.41, 5.74) is 0.0677.